The lowest BCUT2D eigenvalue weighted by molar-refractivity contribution is 0.0651. The second-order valence-corrected chi connectivity index (χ2v) is 8.63. The lowest BCUT2D eigenvalue weighted by atomic mass is 9.92. The van der Waals surface area contributed by atoms with Crippen molar-refractivity contribution in [2.75, 3.05) is 23.9 Å². The number of hydrogen-bond acceptors (Lipinski definition) is 4. The van der Waals surface area contributed by atoms with Gasteiger partial charge < -0.3 is 19.6 Å². The van der Waals surface area contributed by atoms with Crippen LogP contribution >= 0.6 is 0 Å². The number of hydrogen-bond donors (Lipinski definition) is 1. The summed E-state index contributed by atoms with van der Waals surface area (Å²) in [6.45, 7) is 8.35. The molecule has 1 saturated heterocycles. The molecule has 2 heterocycles. The lowest BCUT2D eigenvalue weighted by Gasteiger charge is -2.34. The summed E-state index contributed by atoms with van der Waals surface area (Å²) in [5, 5.41) is 9.66. The molecule has 2 aliphatic rings. The number of fused-ring (bicyclic) bond motifs is 3. The van der Waals surface area contributed by atoms with Gasteiger partial charge in [0.2, 0.25) is 0 Å². The summed E-state index contributed by atoms with van der Waals surface area (Å²) in [7, 11) is 3.68. The van der Waals surface area contributed by atoms with Gasteiger partial charge in [-0.3, -0.25) is 0 Å². The van der Waals surface area contributed by atoms with Gasteiger partial charge in [-0.05, 0) is 54.8 Å². The molecule has 0 saturated carbocycles. The molecule has 30 heavy (non-hydrogen) atoms. The van der Waals surface area contributed by atoms with E-state index in [0.29, 0.717) is 5.69 Å². The molecule has 0 aromatic heterocycles. The molecule has 2 unspecified atom stereocenters. The first-order valence-corrected chi connectivity index (χ1v) is 10.2. The van der Waals surface area contributed by atoms with Crippen LogP contribution in [-0.2, 0) is 11.2 Å². The first kappa shape index (κ1) is 20.2. The average Bonchev–Trinajstić information content (AvgIpc) is 3.19. The molecule has 2 aliphatic heterocycles. The monoisotopic (exact) mass is 404 g/mol. The largest absolute Gasteiger partial charge is 0.478 e. The lowest BCUT2D eigenvalue weighted by Crippen LogP contribution is -2.45. The molecule has 0 aliphatic carbocycles. The van der Waals surface area contributed by atoms with Gasteiger partial charge in [-0.2, -0.15) is 0 Å². The molecule has 1 fully saturated rings. The Bertz CT molecular complexity index is 1040. The third kappa shape index (κ3) is 3.19. The van der Waals surface area contributed by atoms with Gasteiger partial charge >= 0.3 is 5.97 Å². The van der Waals surface area contributed by atoms with E-state index in [1.54, 1.807) is 17.0 Å². The van der Waals surface area contributed by atoms with Crippen molar-refractivity contribution in [1.29, 1.82) is 0 Å². The molecular formula is C25H28N2O3. The van der Waals surface area contributed by atoms with Crippen molar-refractivity contribution in [3.63, 3.8) is 0 Å². The van der Waals surface area contributed by atoms with Crippen molar-refractivity contribution < 1.29 is 14.6 Å². The molecule has 2 aromatic rings. The van der Waals surface area contributed by atoms with E-state index in [9.17, 15) is 9.90 Å². The molecule has 2 atom stereocenters. The second kappa shape index (κ2) is 7.33. The van der Waals surface area contributed by atoms with Gasteiger partial charge in [0, 0.05) is 26.2 Å². The Morgan fingerprint density at radius 3 is 2.67 bits per heavy atom. The van der Waals surface area contributed by atoms with Gasteiger partial charge in [0.1, 0.15) is 12.3 Å². The number of carboxylic acid groups (broad SMARTS) is 1. The molecule has 0 bridgehead atoms. The van der Waals surface area contributed by atoms with E-state index in [0.717, 1.165) is 17.6 Å². The van der Waals surface area contributed by atoms with Crippen LogP contribution in [0.25, 0.3) is 5.57 Å². The fourth-order valence-electron chi connectivity index (χ4n) is 4.58. The summed E-state index contributed by atoms with van der Waals surface area (Å²) < 4.78 is 6.45. The van der Waals surface area contributed by atoms with Crippen LogP contribution in [0.1, 0.15) is 35.3 Å². The highest BCUT2D eigenvalue weighted by Crippen LogP contribution is 2.46. The van der Waals surface area contributed by atoms with Crippen LogP contribution in [0.2, 0.25) is 0 Å². The highest BCUT2D eigenvalue weighted by molar-refractivity contribution is 5.96. The average molecular weight is 405 g/mol. The summed E-state index contributed by atoms with van der Waals surface area (Å²) >= 11 is 0. The van der Waals surface area contributed by atoms with Crippen LogP contribution < -0.4 is 9.80 Å². The molecular weight excluding hydrogens is 376 g/mol. The zero-order valence-corrected chi connectivity index (χ0v) is 17.9. The normalized spacial score (nSPS) is 21.9. The number of rotatable bonds is 5. The molecule has 1 N–H and O–H groups in total. The number of nitrogens with zero attached hydrogens (tertiary/aromatic N) is 2. The number of carbonyl (C=O) groups is 1. The number of para-hydroxylation sites is 1. The number of anilines is 2. The molecule has 5 heteroatoms. The minimum absolute atomic E-state index is 0.00964. The zero-order valence-electron chi connectivity index (χ0n) is 17.9. The van der Waals surface area contributed by atoms with Crippen LogP contribution in [-0.4, -0.2) is 43.0 Å². The summed E-state index contributed by atoms with van der Waals surface area (Å²) in [6.07, 6.45) is 4.58. The van der Waals surface area contributed by atoms with Crippen molar-refractivity contribution >= 4 is 22.9 Å². The van der Waals surface area contributed by atoms with E-state index in [2.05, 4.69) is 55.7 Å². The van der Waals surface area contributed by atoms with Crippen LogP contribution in [0.15, 0.2) is 61.2 Å². The van der Waals surface area contributed by atoms with Crippen molar-refractivity contribution in [3.8, 4) is 0 Å². The summed E-state index contributed by atoms with van der Waals surface area (Å²) in [4.78, 5) is 16.0. The first-order chi connectivity index (χ1) is 14.2. The van der Waals surface area contributed by atoms with E-state index in [1.807, 2.05) is 26.2 Å². The SMILES string of the molecule is C=CC(=CC1OC2Cc3ccccc3N2C1(C)C)c1ccc(N(C)C)c(C(=O)O)c1. The third-order valence-electron chi connectivity index (χ3n) is 6.15. The first-order valence-electron chi connectivity index (χ1n) is 10.2. The number of carboxylic acids is 1. The van der Waals surface area contributed by atoms with Gasteiger partial charge in [-0.1, -0.05) is 36.9 Å². The predicted molar refractivity (Wildman–Crippen MR) is 121 cm³/mol. The van der Waals surface area contributed by atoms with Crippen LogP contribution in [0.3, 0.4) is 0 Å². The van der Waals surface area contributed by atoms with Crippen molar-refractivity contribution in [3.05, 3.63) is 77.9 Å². The van der Waals surface area contributed by atoms with Gasteiger partial charge in [-0.15, -0.1) is 0 Å². The summed E-state index contributed by atoms with van der Waals surface area (Å²) in [6, 6.07) is 13.9. The summed E-state index contributed by atoms with van der Waals surface area (Å²) in [5.41, 5.74) is 4.93. The van der Waals surface area contributed by atoms with Crippen molar-refractivity contribution in [2.45, 2.75) is 38.1 Å². The molecule has 5 nitrogen and oxygen atoms in total. The number of benzene rings is 2. The van der Waals surface area contributed by atoms with Crippen LogP contribution in [0.5, 0.6) is 0 Å². The molecule has 0 amide bonds. The van der Waals surface area contributed by atoms with Crippen molar-refractivity contribution in [1.82, 2.24) is 0 Å². The Morgan fingerprint density at radius 2 is 2.00 bits per heavy atom. The minimum atomic E-state index is -0.946. The minimum Gasteiger partial charge on any atom is -0.478 e. The van der Waals surface area contributed by atoms with E-state index in [4.69, 9.17) is 4.74 Å². The van der Waals surface area contributed by atoms with Crippen LogP contribution in [0.4, 0.5) is 11.4 Å². The molecule has 156 valence electrons. The number of ether oxygens (including phenoxy) is 1. The highest BCUT2D eigenvalue weighted by atomic mass is 16.5. The fraction of sp³-hybridized carbons (Fsp3) is 0.320. The highest BCUT2D eigenvalue weighted by Gasteiger charge is 2.50. The van der Waals surface area contributed by atoms with Gasteiger partial charge in [-0.25, -0.2) is 4.79 Å². The molecule has 0 radical (unpaired) electrons. The Hall–Kier alpha value is -3.05. The maximum absolute atomic E-state index is 11.8. The van der Waals surface area contributed by atoms with Gasteiger partial charge in [0.05, 0.1) is 16.8 Å². The third-order valence-corrected chi connectivity index (χ3v) is 6.15. The van der Waals surface area contributed by atoms with Crippen molar-refractivity contribution in [2.24, 2.45) is 0 Å². The Kier molecular flexibility index (Phi) is 4.94. The van der Waals surface area contributed by atoms with E-state index < -0.39 is 5.97 Å². The smallest absolute Gasteiger partial charge is 0.337 e. The quantitative estimate of drug-likeness (QED) is 0.739. The Labute approximate surface area is 177 Å². The standard InChI is InChI=1S/C25H28N2O3/c1-6-16(17-11-12-21(26(4)5)19(13-17)24(28)29)14-22-25(2,3)27-20-10-8-7-9-18(20)15-23(27)30-22/h6-14,22-23H,1,15H2,2-5H3,(H,28,29). The van der Waals surface area contributed by atoms with E-state index >= 15 is 0 Å². The maximum Gasteiger partial charge on any atom is 0.337 e. The number of allylic oxidation sites excluding steroid dienone is 2. The zero-order chi connectivity index (χ0) is 21.6. The number of aromatic carboxylic acids is 1. The van der Waals surface area contributed by atoms with E-state index in [-0.39, 0.29) is 23.4 Å². The van der Waals surface area contributed by atoms with Crippen LogP contribution in [0, 0.1) is 0 Å². The Balaban J connectivity index is 1.70. The van der Waals surface area contributed by atoms with E-state index in [1.165, 1.54) is 11.3 Å². The predicted octanol–water partition coefficient (Wildman–Crippen LogP) is 4.59. The maximum atomic E-state index is 11.8. The second-order valence-electron chi connectivity index (χ2n) is 8.63. The molecule has 4 rings (SSSR count). The Morgan fingerprint density at radius 1 is 1.27 bits per heavy atom. The van der Waals surface area contributed by atoms with Gasteiger partial charge in [0.25, 0.3) is 0 Å². The fourth-order valence-corrected chi connectivity index (χ4v) is 4.58. The molecule has 2 aromatic carbocycles. The molecule has 0 spiro atoms. The topological polar surface area (TPSA) is 53.0 Å². The van der Waals surface area contributed by atoms with Gasteiger partial charge in [0.15, 0.2) is 0 Å². The summed E-state index contributed by atoms with van der Waals surface area (Å²) in [5.74, 6) is -0.946.